The zero-order chi connectivity index (χ0) is 24.2. The first kappa shape index (κ1) is 22.0. The molecule has 0 saturated carbocycles. The number of methoxy groups -OCH3 is 1. The Hall–Kier alpha value is -4.84. The molecule has 0 saturated heterocycles. The van der Waals surface area contributed by atoms with E-state index in [1.54, 1.807) is 73.8 Å². The van der Waals surface area contributed by atoms with Gasteiger partial charge in [0.1, 0.15) is 28.6 Å². The topological polar surface area (TPSA) is 77.8 Å². The second-order valence-electron chi connectivity index (χ2n) is 7.81. The van der Waals surface area contributed by atoms with Gasteiger partial charge in [0.2, 0.25) is 0 Å². The standard InChI is InChI=1S/C29H21NO5/c1-33-23-14-15-27-25(17-23)26(31)18-28(35-27)19-10-12-21(13-11-19)30-29(32)20-6-5-9-24(16-20)34-22-7-3-2-4-8-22/h2-18H,1H3,(H,30,32). The summed E-state index contributed by atoms with van der Waals surface area (Å²) in [6.45, 7) is 0. The third-order valence-electron chi connectivity index (χ3n) is 5.44. The lowest BCUT2D eigenvalue weighted by atomic mass is 10.1. The molecule has 35 heavy (non-hydrogen) atoms. The second kappa shape index (κ2) is 9.57. The van der Waals surface area contributed by atoms with Gasteiger partial charge in [-0.05, 0) is 72.8 Å². The van der Waals surface area contributed by atoms with Gasteiger partial charge in [-0.1, -0.05) is 24.3 Å². The molecule has 172 valence electrons. The van der Waals surface area contributed by atoms with Crippen molar-refractivity contribution in [1.29, 1.82) is 0 Å². The van der Waals surface area contributed by atoms with Crippen LogP contribution in [0.3, 0.4) is 0 Å². The van der Waals surface area contributed by atoms with Crippen molar-refractivity contribution in [3.8, 4) is 28.6 Å². The molecule has 4 aromatic carbocycles. The Bertz CT molecular complexity index is 1560. The van der Waals surface area contributed by atoms with Gasteiger partial charge in [-0.3, -0.25) is 9.59 Å². The van der Waals surface area contributed by atoms with Crippen LogP contribution in [0.5, 0.6) is 17.2 Å². The van der Waals surface area contributed by atoms with E-state index < -0.39 is 0 Å². The summed E-state index contributed by atoms with van der Waals surface area (Å²) >= 11 is 0. The van der Waals surface area contributed by atoms with Crippen molar-refractivity contribution in [2.24, 2.45) is 0 Å². The maximum atomic E-state index is 12.8. The van der Waals surface area contributed by atoms with Crippen LogP contribution in [0, 0.1) is 0 Å². The van der Waals surface area contributed by atoms with Crippen molar-refractivity contribution in [2.75, 3.05) is 12.4 Å². The van der Waals surface area contributed by atoms with Crippen LogP contribution in [0.15, 0.2) is 112 Å². The Morgan fingerprint density at radius 1 is 0.771 bits per heavy atom. The number of nitrogens with one attached hydrogen (secondary N) is 1. The predicted molar refractivity (Wildman–Crippen MR) is 135 cm³/mol. The number of fused-ring (bicyclic) bond motifs is 1. The van der Waals surface area contributed by atoms with Crippen LogP contribution in [0.4, 0.5) is 5.69 Å². The van der Waals surface area contributed by atoms with Crippen molar-refractivity contribution in [1.82, 2.24) is 0 Å². The molecule has 1 N–H and O–H groups in total. The van der Waals surface area contributed by atoms with E-state index in [1.165, 1.54) is 6.07 Å². The molecule has 0 spiro atoms. The number of carbonyl (C=O) groups excluding carboxylic acids is 1. The Kier molecular flexibility index (Phi) is 6.01. The van der Waals surface area contributed by atoms with Gasteiger partial charge in [-0.25, -0.2) is 0 Å². The maximum absolute atomic E-state index is 12.8. The number of amides is 1. The molecular weight excluding hydrogens is 442 g/mol. The number of hydrogen-bond acceptors (Lipinski definition) is 5. The summed E-state index contributed by atoms with van der Waals surface area (Å²) in [6.07, 6.45) is 0. The molecule has 0 fully saturated rings. The number of anilines is 1. The van der Waals surface area contributed by atoms with Crippen molar-refractivity contribution >= 4 is 22.6 Å². The molecular formula is C29H21NO5. The van der Waals surface area contributed by atoms with E-state index in [2.05, 4.69) is 5.32 Å². The zero-order valence-electron chi connectivity index (χ0n) is 18.9. The third kappa shape index (κ3) is 4.91. The summed E-state index contributed by atoms with van der Waals surface area (Å²) in [7, 11) is 1.55. The number of benzene rings is 4. The minimum atomic E-state index is -0.262. The van der Waals surface area contributed by atoms with Crippen LogP contribution in [0.25, 0.3) is 22.3 Å². The highest BCUT2D eigenvalue weighted by Gasteiger charge is 2.11. The van der Waals surface area contributed by atoms with Crippen LogP contribution in [-0.2, 0) is 0 Å². The van der Waals surface area contributed by atoms with Crippen LogP contribution in [0.1, 0.15) is 10.4 Å². The summed E-state index contributed by atoms with van der Waals surface area (Å²) in [6, 6.07) is 30.0. The summed E-state index contributed by atoms with van der Waals surface area (Å²) < 4.78 is 16.9. The van der Waals surface area contributed by atoms with Gasteiger partial charge in [0.05, 0.1) is 12.5 Å². The normalized spacial score (nSPS) is 10.7. The molecule has 6 heteroatoms. The minimum absolute atomic E-state index is 0.157. The highest BCUT2D eigenvalue weighted by Crippen LogP contribution is 2.26. The largest absolute Gasteiger partial charge is 0.497 e. The van der Waals surface area contributed by atoms with Gasteiger partial charge in [0, 0.05) is 22.9 Å². The lowest BCUT2D eigenvalue weighted by Crippen LogP contribution is -2.11. The van der Waals surface area contributed by atoms with Gasteiger partial charge >= 0.3 is 0 Å². The Balaban J connectivity index is 1.32. The number of rotatable bonds is 6. The van der Waals surface area contributed by atoms with Crippen molar-refractivity contribution in [3.63, 3.8) is 0 Å². The highest BCUT2D eigenvalue weighted by molar-refractivity contribution is 6.04. The average molecular weight is 463 g/mol. The first-order valence-electron chi connectivity index (χ1n) is 11.0. The van der Waals surface area contributed by atoms with Gasteiger partial charge in [0.25, 0.3) is 5.91 Å². The van der Waals surface area contributed by atoms with E-state index in [4.69, 9.17) is 13.9 Å². The van der Waals surface area contributed by atoms with Crippen molar-refractivity contribution in [3.05, 3.63) is 119 Å². The van der Waals surface area contributed by atoms with E-state index in [-0.39, 0.29) is 11.3 Å². The number of ether oxygens (including phenoxy) is 2. The van der Waals surface area contributed by atoms with Crippen LogP contribution in [0.2, 0.25) is 0 Å². The third-order valence-corrected chi connectivity index (χ3v) is 5.44. The van der Waals surface area contributed by atoms with E-state index in [0.717, 1.165) is 5.56 Å². The first-order valence-corrected chi connectivity index (χ1v) is 11.0. The molecule has 0 aliphatic carbocycles. The zero-order valence-corrected chi connectivity index (χ0v) is 18.9. The quantitative estimate of drug-likeness (QED) is 0.310. The molecule has 1 amide bonds. The number of carbonyl (C=O) groups is 1. The summed E-state index contributed by atoms with van der Waals surface area (Å²) in [5.74, 6) is 2.04. The highest BCUT2D eigenvalue weighted by atomic mass is 16.5. The molecule has 0 aliphatic rings. The van der Waals surface area contributed by atoms with E-state index >= 15 is 0 Å². The molecule has 0 bridgehead atoms. The second-order valence-corrected chi connectivity index (χ2v) is 7.81. The Labute approximate surface area is 201 Å². The lowest BCUT2D eigenvalue weighted by molar-refractivity contribution is 0.102. The number of hydrogen-bond donors (Lipinski definition) is 1. The van der Waals surface area contributed by atoms with Gasteiger partial charge in [-0.15, -0.1) is 0 Å². The summed E-state index contributed by atoms with van der Waals surface area (Å²) in [4.78, 5) is 25.4. The molecule has 5 aromatic rings. The molecule has 5 rings (SSSR count). The summed E-state index contributed by atoms with van der Waals surface area (Å²) in [5, 5.41) is 3.34. The fourth-order valence-corrected chi connectivity index (χ4v) is 3.65. The molecule has 0 unspecified atom stereocenters. The molecule has 1 aromatic heterocycles. The first-order chi connectivity index (χ1) is 17.1. The lowest BCUT2D eigenvalue weighted by Gasteiger charge is -2.09. The Morgan fingerprint density at radius 3 is 2.31 bits per heavy atom. The average Bonchev–Trinajstić information content (AvgIpc) is 2.89. The maximum Gasteiger partial charge on any atom is 0.255 e. The van der Waals surface area contributed by atoms with Gasteiger partial charge < -0.3 is 19.2 Å². The molecule has 0 aliphatic heterocycles. The molecule has 0 radical (unpaired) electrons. The smallest absolute Gasteiger partial charge is 0.255 e. The van der Waals surface area contributed by atoms with Crippen molar-refractivity contribution < 1.29 is 18.7 Å². The van der Waals surface area contributed by atoms with Crippen LogP contribution in [-0.4, -0.2) is 13.0 Å². The van der Waals surface area contributed by atoms with E-state index in [1.807, 2.05) is 30.3 Å². The van der Waals surface area contributed by atoms with Gasteiger partial charge in [-0.2, -0.15) is 0 Å². The monoisotopic (exact) mass is 463 g/mol. The predicted octanol–water partition coefficient (Wildman–Crippen LogP) is 6.51. The van der Waals surface area contributed by atoms with E-state index in [0.29, 0.717) is 45.2 Å². The molecule has 6 nitrogen and oxygen atoms in total. The SMILES string of the molecule is COc1ccc2oc(-c3ccc(NC(=O)c4cccc(Oc5ccccc5)c4)cc3)cc(=O)c2c1. The number of para-hydroxylation sites is 1. The summed E-state index contributed by atoms with van der Waals surface area (Å²) in [5.41, 5.74) is 2.12. The van der Waals surface area contributed by atoms with Gasteiger partial charge in [0.15, 0.2) is 5.43 Å². The Morgan fingerprint density at radius 2 is 1.54 bits per heavy atom. The molecule has 1 heterocycles. The fraction of sp³-hybridized carbons (Fsp3) is 0.0345. The van der Waals surface area contributed by atoms with E-state index in [9.17, 15) is 9.59 Å². The van der Waals surface area contributed by atoms with Crippen LogP contribution < -0.4 is 20.2 Å². The minimum Gasteiger partial charge on any atom is -0.497 e. The van der Waals surface area contributed by atoms with Crippen LogP contribution >= 0.6 is 0 Å². The fourth-order valence-electron chi connectivity index (χ4n) is 3.65. The molecule has 0 atom stereocenters. The van der Waals surface area contributed by atoms with Crippen molar-refractivity contribution in [2.45, 2.75) is 0 Å².